The lowest BCUT2D eigenvalue weighted by Crippen LogP contribution is -2.14. The molecule has 23 heavy (non-hydrogen) atoms. The van der Waals surface area contributed by atoms with Gasteiger partial charge in [0.1, 0.15) is 0 Å². The number of aromatic nitrogens is 1. The highest BCUT2D eigenvalue weighted by atomic mass is 16.7. The smallest absolute Gasteiger partial charge is 0.345 e. The number of aryl methyl sites for hydroxylation is 2. The molecule has 0 bridgehead atoms. The molecule has 1 aromatic carbocycles. The molecule has 0 spiro atoms. The van der Waals surface area contributed by atoms with Gasteiger partial charge in [0.15, 0.2) is 11.5 Å². The lowest BCUT2D eigenvalue weighted by Gasteiger charge is -2.10. The fourth-order valence-corrected chi connectivity index (χ4v) is 2.29. The van der Waals surface area contributed by atoms with Crippen LogP contribution in [0.15, 0.2) is 24.3 Å². The molecule has 118 valence electrons. The number of hydrogen-bond acceptors (Lipinski definition) is 6. The van der Waals surface area contributed by atoms with Crippen LogP contribution >= 0.6 is 0 Å². The van der Waals surface area contributed by atoms with Crippen molar-refractivity contribution in [2.24, 2.45) is 0 Å². The summed E-state index contributed by atoms with van der Waals surface area (Å²) in [5.41, 5.74) is 0.774. The first-order chi connectivity index (χ1) is 11.0. The number of nitrogens with zero attached hydrogens (tertiary/aromatic N) is 1. The fourth-order valence-electron chi connectivity index (χ4n) is 2.29. The van der Waals surface area contributed by atoms with Gasteiger partial charge in [-0.2, -0.15) is 0 Å². The van der Waals surface area contributed by atoms with Gasteiger partial charge in [-0.1, -0.05) is 6.07 Å². The highest BCUT2D eigenvalue weighted by Crippen LogP contribution is 2.40. The number of ether oxygens (including phenoxy) is 3. The Morgan fingerprint density at radius 3 is 2.65 bits per heavy atom. The lowest BCUT2D eigenvalue weighted by atomic mass is 10.1. The van der Waals surface area contributed by atoms with E-state index in [1.165, 1.54) is 6.07 Å². The summed E-state index contributed by atoms with van der Waals surface area (Å²) in [7, 11) is 0. The number of hydrogen-bond donors (Lipinski definition) is 1. The van der Waals surface area contributed by atoms with Crippen molar-refractivity contribution in [3.8, 4) is 17.2 Å². The maximum Gasteiger partial charge on any atom is 0.345 e. The van der Waals surface area contributed by atoms with Crippen LogP contribution < -0.4 is 14.2 Å². The van der Waals surface area contributed by atoms with Crippen LogP contribution in [0, 0.1) is 13.8 Å². The van der Waals surface area contributed by atoms with E-state index >= 15 is 0 Å². The zero-order chi connectivity index (χ0) is 16.6. The third kappa shape index (κ3) is 2.68. The number of benzene rings is 1. The number of pyridine rings is 1. The number of carboxylic acid groups (broad SMARTS) is 1. The lowest BCUT2D eigenvalue weighted by molar-refractivity contribution is 0.0695. The quantitative estimate of drug-likeness (QED) is 0.686. The molecule has 0 radical (unpaired) electrons. The second-order valence-corrected chi connectivity index (χ2v) is 4.94. The van der Waals surface area contributed by atoms with Gasteiger partial charge in [0.05, 0.1) is 22.5 Å². The van der Waals surface area contributed by atoms with Crippen molar-refractivity contribution in [2.45, 2.75) is 13.8 Å². The number of carboxylic acids is 1. The van der Waals surface area contributed by atoms with Gasteiger partial charge in [0.25, 0.3) is 0 Å². The predicted octanol–water partition coefficient (Wildman–Crippen LogP) is 2.34. The summed E-state index contributed by atoms with van der Waals surface area (Å²) < 4.78 is 15.8. The van der Waals surface area contributed by atoms with Gasteiger partial charge in [0, 0.05) is 0 Å². The first-order valence-electron chi connectivity index (χ1n) is 6.79. The van der Waals surface area contributed by atoms with Crippen LogP contribution in [-0.2, 0) is 0 Å². The van der Waals surface area contributed by atoms with Gasteiger partial charge in [-0.15, -0.1) is 0 Å². The highest BCUT2D eigenvalue weighted by molar-refractivity contribution is 5.96. The molecule has 7 heteroatoms. The summed E-state index contributed by atoms with van der Waals surface area (Å²) in [4.78, 5) is 27.7. The Labute approximate surface area is 131 Å². The Bertz CT molecular complexity index is 814. The van der Waals surface area contributed by atoms with Crippen molar-refractivity contribution < 1.29 is 28.9 Å². The molecule has 0 fully saturated rings. The third-order valence-corrected chi connectivity index (χ3v) is 3.42. The second-order valence-electron chi connectivity index (χ2n) is 4.94. The molecule has 0 aliphatic carbocycles. The third-order valence-electron chi connectivity index (χ3n) is 3.42. The SMILES string of the molecule is Cc1nc(C)c(C(=O)Oc2cccc3c2OCO3)cc1C(=O)O. The van der Waals surface area contributed by atoms with Gasteiger partial charge in [-0.05, 0) is 32.0 Å². The number of rotatable bonds is 3. The van der Waals surface area contributed by atoms with Gasteiger partial charge in [-0.25, -0.2) is 9.59 Å². The summed E-state index contributed by atoms with van der Waals surface area (Å²) in [6.45, 7) is 3.24. The molecule has 7 nitrogen and oxygen atoms in total. The molecule has 0 unspecified atom stereocenters. The van der Waals surface area contributed by atoms with Crippen LogP contribution in [0.3, 0.4) is 0 Å². The van der Waals surface area contributed by atoms with Crippen LogP contribution in [0.5, 0.6) is 17.2 Å². The molecule has 0 saturated carbocycles. The predicted molar refractivity (Wildman–Crippen MR) is 78.2 cm³/mol. The van der Waals surface area contributed by atoms with Crippen molar-refractivity contribution in [3.63, 3.8) is 0 Å². The van der Waals surface area contributed by atoms with E-state index in [1.54, 1.807) is 32.0 Å². The molecule has 1 aromatic heterocycles. The van der Waals surface area contributed by atoms with Crippen LogP contribution in [0.4, 0.5) is 0 Å². The normalized spacial score (nSPS) is 12.1. The van der Waals surface area contributed by atoms with Gasteiger partial charge in [-0.3, -0.25) is 4.98 Å². The molecule has 2 aromatic rings. The zero-order valence-corrected chi connectivity index (χ0v) is 12.5. The maximum absolute atomic E-state index is 12.4. The summed E-state index contributed by atoms with van der Waals surface area (Å²) in [5.74, 6) is -0.818. The van der Waals surface area contributed by atoms with E-state index in [0.29, 0.717) is 22.9 Å². The van der Waals surface area contributed by atoms with Gasteiger partial charge >= 0.3 is 11.9 Å². The highest BCUT2D eigenvalue weighted by Gasteiger charge is 2.23. The minimum absolute atomic E-state index is 0.0413. The maximum atomic E-state index is 12.4. The van der Waals surface area contributed by atoms with Crippen LogP contribution in [0.2, 0.25) is 0 Å². The Kier molecular flexibility index (Phi) is 3.61. The van der Waals surface area contributed by atoms with Gasteiger partial charge < -0.3 is 19.3 Å². The summed E-state index contributed by atoms with van der Waals surface area (Å²) in [5, 5.41) is 9.15. The van der Waals surface area contributed by atoms with E-state index in [1.807, 2.05) is 0 Å². The number of esters is 1. The number of carbonyl (C=O) groups is 2. The van der Waals surface area contributed by atoms with E-state index in [-0.39, 0.29) is 23.7 Å². The minimum atomic E-state index is -1.15. The number of para-hydroxylation sites is 1. The topological polar surface area (TPSA) is 95.0 Å². The molecule has 2 heterocycles. The van der Waals surface area contributed by atoms with Crippen molar-refractivity contribution in [2.75, 3.05) is 6.79 Å². The van der Waals surface area contributed by atoms with E-state index in [0.717, 1.165) is 0 Å². The van der Waals surface area contributed by atoms with Crippen molar-refractivity contribution in [3.05, 3.63) is 46.8 Å². The van der Waals surface area contributed by atoms with E-state index < -0.39 is 11.9 Å². The molecular formula is C16H13NO6. The van der Waals surface area contributed by atoms with Gasteiger partial charge in [0.2, 0.25) is 12.5 Å². The first kappa shape index (κ1) is 14.8. The molecular weight excluding hydrogens is 302 g/mol. The Hall–Kier alpha value is -3.09. The molecule has 1 aliphatic rings. The number of carbonyl (C=O) groups excluding carboxylic acids is 1. The van der Waals surface area contributed by atoms with E-state index in [9.17, 15) is 9.59 Å². The molecule has 0 saturated heterocycles. The van der Waals surface area contributed by atoms with E-state index in [2.05, 4.69) is 4.98 Å². The largest absolute Gasteiger partial charge is 0.478 e. The number of aromatic carboxylic acids is 1. The van der Waals surface area contributed by atoms with Crippen molar-refractivity contribution >= 4 is 11.9 Å². The van der Waals surface area contributed by atoms with Crippen LogP contribution in [-0.4, -0.2) is 28.8 Å². The van der Waals surface area contributed by atoms with Crippen LogP contribution in [0.1, 0.15) is 32.1 Å². The standard InChI is InChI=1S/C16H13NO6/c1-8-10(15(18)19)6-11(9(2)17-8)16(20)23-13-5-3-4-12-14(13)22-7-21-12/h3-6H,7H2,1-2H3,(H,18,19). The molecule has 0 amide bonds. The summed E-state index contributed by atoms with van der Waals surface area (Å²) in [6, 6.07) is 6.20. The van der Waals surface area contributed by atoms with Crippen molar-refractivity contribution in [1.29, 1.82) is 0 Å². The van der Waals surface area contributed by atoms with Crippen molar-refractivity contribution in [1.82, 2.24) is 4.98 Å². The molecule has 1 aliphatic heterocycles. The second kappa shape index (κ2) is 5.60. The summed E-state index contributed by atoms with van der Waals surface area (Å²) in [6.07, 6.45) is 0. The molecule has 3 rings (SSSR count). The zero-order valence-electron chi connectivity index (χ0n) is 12.5. The van der Waals surface area contributed by atoms with Crippen LogP contribution in [0.25, 0.3) is 0 Å². The Morgan fingerprint density at radius 2 is 1.91 bits per heavy atom. The minimum Gasteiger partial charge on any atom is -0.478 e. The monoisotopic (exact) mass is 315 g/mol. The fraction of sp³-hybridized carbons (Fsp3) is 0.188. The Balaban J connectivity index is 1.94. The first-order valence-corrected chi connectivity index (χ1v) is 6.79. The number of fused-ring (bicyclic) bond motifs is 1. The molecule has 0 atom stereocenters. The molecule has 1 N–H and O–H groups in total. The van der Waals surface area contributed by atoms with E-state index in [4.69, 9.17) is 19.3 Å². The Morgan fingerprint density at radius 1 is 1.17 bits per heavy atom. The average Bonchev–Trinajstić information content (AvgIpc) is 2.96. The average molecular weight is 315 g/mol. The summed E-state index contributed by atoms with van der Waals surface area (Å²) >= 11 is 0.